The van der Waals surface area contributed by atoms with Crippen LogP contribution in [0.2, 0.25) is 0 Å². The molecule has 118 valence electrons. The summed E-state index contributed by atoms with van der Waals surface area (Å²) in [5.41, 5.74) is 2.19. The lowest BCUT2D eigenvalue weighted by Crippen LogP contribution is -2.50. The van der Waals surface area contributed by atoms with E-state index < -0.39 is 12.0 Å². The fourth-order valence-electron chi connectivity index (χ4n) is 3.51. The molecule has 1 atom stereocenters. The van der Waals surface area contributed by atoms with Gasteiger partial charge in [0, 0.05) is 12.2 Å². The van der Waals surface area contributed by atoms with Crippen molar-refractivity contribution in [2.45, 2.75) is 38.1 Å². The Bertz CT molecular complexity index is 573. The summed E-state index contributed by atoms with van der Waals surface area (Å²) in [7, 11) is 0. The zero-order valence-corrected chi connectivity index (χ0v) is 12.7. The van der Waals surface area contributed by atoms with Crippen LogP contribution in [0.5, 0.6) is 0 Å². The minimum atomic E-state index is -0.813. The van der Waals surface area contributed by atoms with Crippen molar-refractivity contribution in [3.63, 3.8) is 0 Å². The molecule has 2 aliphatic rings. The Morgan fingerprint density at radius 1 is 1.14 bits per heavy atom. The summed E-state index contributed by atoms with van der Waals surface area (Å²) in [6.45, 7) is 1.62. The minimum absolute atomic E-state index is 0.0142. The predicted molar refractivity (Wildman–Crippen MR) is 84.0 cm³/mol. The number of aryl methyl sites for hydroxylation is 1. The summed E-state index contributed by atoms with van der Waals surface area (Å²) in [6.07, 6.45) is 4.49. The molecule has 3 rings (SSSR count). The quantitative estimate of drug-likeness (QED) is 0.926. The van der Waals surface area contributed by atoms with E-state index >= 15 is 0 Å². The maximum Gasteiger partial charge on any atom is 0.320 e. The highest BCUT2D eigenvalue weighted by molar-refractivity contribution is 5.96. The van der Waals surface area contributed by atoms with E-state index in [0.717, 1.165) is 37.9 Å². The van der Waals surface area contributed by atoms with Crippen LogP contribution in [0, 0.1) is 0 Å². The number of carboxylic acid groups (broad SMARTS) is 1. The molecule has 0 saturated carbocycles. The van der Waals surface area contributed by atoms with Crippen molar-refractivity contribution in [2.24, 2.45) is 0 Å². The number of amides is 1. The normalized spacial score (nSPS) is 22.2. The van der Waals surface area contributed by atoms with Crippen LogP contribution in [0.3, 0.4) is 0 Å². The molecule has 5 nitrogen and oxygen atoms in total. The van der Waals surface area contributed by atoms with Crippen LogP contribution in [-0.2, 0) is 16.0 Å². The van der Waals surface area contributed by atoms with Crippen molar-refractivity contribution in [2.75, 3.05) is 24.5 Å². The number of hydrogen-bond acceptors (Lipinski definition) is 3. The average molecular weight is 302 g/mol. The number of carbonyl (C=O) groups is 2. The van der Waals surface area contributed by atoms with E-state index in [0.29, 0.717) is 13.0 Å². The highest BCUT2D eigenvalue weighted by Crippen LogP contribution is 2.27. The van der Waals surface area contributed by atoms with Gasteiger partial charge in [-0.05, 0) is 43.9 Å². The van der Waals surface area contributed by atoms with Gasteiger partial charge in [0.25, 0.3) is 0 Å². The Labute approximate surface area is 130 Å². The topological polar surface area (TPSA) is 60.9 Å². The molecule has 22 heavy (non-hydrogen) atoms. The maximum atomic E-state index is 12.7. The average Bonchev–Trinajstić information content (AvgIpc) is 2.54. The number of likely N-dealkylation sites (tertiary alicyclic amines) is 1. The van der Waals surface area contributed by atoms with Crippen molar-refractivity contribution in [3.05, 3.63) is 29.8 Å². The number of carbonyl (C=O) groups excluding carboxylic acids is 1. The molecule has 5 heteroatoms. The Kier molecular flexibility index (Phi) is 4.43. The number of aliphatic carboxylic acids is 1. The fraction of sp³-hybridized carbons (Fsp3) is 0.529. The highest BCUT2D eigenvalue weighted by atomic mass is 16.4. The van der Waals surface area contributed by atoms with Gasteiger partial charge < -0.3 is 10.0 Å². The van der Waals surface area contributed by atoms with E-state index in [2.05, 4.69) is 6.07 Å². The lowest BCUT2D eigenvalue weighted by atomic mass is 10.0. The SMILES string of the molecule is O=C(O)C1CCCCN1CC(=O)N1CCCc2ccccc21. The van der Waals surface area contributed by atoms with Crippen molar-refractivity contribution in [1.29, 1.82) is 0 Å². The number of carboxylic acids is 1. The van der Waals surface area contributed by atoms with Crippen molar-refractivity contribution < 1.29 is 14.7 Å². The molecule has 1 saturated heterocycles. The zero-order valence-electron chi connectivity index (χ0n) is 12.7. The van der Waals surface area contributed by atoms with E-state index in [9.17, 15) is 14.7 Å². The number of rotatable bonds is 3. The van der Waals surface area contributed by atoms with Crippen LogP contribution in [-0.4, -0.2) is 47.6 Å². The van der Waals surface area contributed by atoms with Crippen LogP contribution in [0.4, 0.5) is 5.69 Å². The van der Waals surface area contributed by atoms with Gasteiger partial charge >= 0.3 is 5.97 Å². The van der Waals surface area contributed by atoms with Gasteiger partial charge in [-0.25, -0.2) is 0 Å². The molecule has 0 radical (unpaired) electrons. The van der Waals surface area contributed by atoms with Crippen LogP contribution >= 0.6 is 0 Å². The monoisotopic (exact) mass is 302 g/mol. The number of piperidine rings is 1. The molecule has 1 N–H and O–H groups in total. The van der Waals surface area contributed by atoms with E-state index in [1.807, 2.05) is 28.0 Å². The maximum absolute atomic E-state index is 12.7. The first-order valence-electron chi connectivity index (χ1n) is 8.02. The first-order chi connectivity index (χ1) is 10.7. The molecule has 0 aromatic heterocycles. The largest absolute Gasteiger partial charge is 0.480 e. The molecular weight excluding hydrogens is 280 g/mol. The number of fused-ring (bicyclic) bond motifs is 1. The molecular formula is C17H22N2O3. The molecule has 0 spiro atoms. The van der Waals surface area contributed by atoms with Gasteiger partial charge in [-0.2, -0.15) is 0 Å². The Hall–Kier alpha value is -1.88. The molecule has 2 aliphatic heterocycles. The second kappa shape index (κ2) is 6.48. The van der Waals surface area contributed by atoms with Crippen molar-refractivity contribution in [1.82, 2.24) is 4.90 Å². The van der Waals surface area contributed by atoms with Gasteiger partial charge in [-0.3, -0.25) is 14.5 Å². The van der Waals surface area contributed by atoms with Gasteiger partial charge in [0.05, 0.1) is 6.54 Å². The van der Waals surface area contributed by atoms with E-state index in [1.165, 1.54) is 5.56 Å². The molecule has 1 amide bonds. The second-order valence-electron chi connectivity index (χ2n) is 6.10. The third-order valence-electron chi connectivity index (χ3n) is 4.65. The van der Waals surface area contributed by atoms with E-state index in [4.69, 9.17) is 0 Å². The Morgan fingerprint density at radius 2 is 1.95 bits per heavy atom. The molecule has 1 fully saturated rings. The number of anilines is 1. The smallest absolute Gasteiger partial charge is 0.320 e. The van der Waals surface area contributed by atoms with Crippen molar-refractivity contribution >= 4 is 17.6 Å². The molecule has 0 aliphatic carbocycles. The summed E-state index contributed by atoms with van der Waals surface area (Å²) < 4.78 is 0. The Balaban J connectivity index is 1.73. The van der Waals surface area contributed by atoms with Crippen LogP contribution in [0.1, 0.15) is 31.2 Å². The summed E-state index contributed by atoms with van der Waals surface area (Å²) >= 11 is 0. The van der Waals surface area contributed by atoms with Crippen LogP contribution < -0.4 is 4.90 Å². The second-order valence-corrected chi connectivity index (χ2v) is 6.10. The molecule has 1 unspecified atom stereocenters. The Morgan fingerprint density at radius 3 is 2.77 bits per heavy atom. The molecule has 1 aromatic carbocycles. The minimum Gasteiger partial charge on any atom is -0.480 e. The number of para-hydroxylation sites is 1. The summed E-state index contributed by atoms with van der Waals surface area (Å²) in [5, 5.41) is 9.32. The summed E-state index contributed by atoms with van der Waals surface area (Å²) in [5.74, 6) is -0.799. The summed E-state index contributed by atoms with van der Waals surface area (Å²) in [6, 6.07) is 7.48. The standard InChI is InChI=1S/C17H22N2O3/c20-16(12-18-10-4-3-9-15(18)17(21)22)19-11-5-7-13-6-1-2-8-14(13)19/h1-2,6,8,15H,3-5,7,9-12H2,(H,21,22). The van der Waals surface area contributed by atoms with E-state index in [1.54, 1.807) is 0 Å². The first-order valence-corrected chi connectivity index (χ1v) is 8.02. The third kappa shape index (κ3) is 2.99. The van der Waals surface area contributed by atoms with Gasteiger partial charge in [-0.15, -0.1) is 0 Å². The van der Waals surface area contributed by atoms with Gasteiger partial charge in [0.1, 0.15) is 6.04 Å². The van der Waals surface area contributed by atoms with E-state index in [-0.39, 0.29) is 12.5 Å². The molecule has 0 bridgehead atoms. The molecule has 2 heterocycles. The van der Waals surface area contributed by atoms with Crippen LogP contribution in [0.15, 0.2) is 24.3 Å². The number of hydrogen-bond donors (Lipinski definition) is 1. The fourth-order valence-corrected chi connectivity index (χ4v) is 3.51. The number of nitrogens with zero attached hydrogens (tertiary/aromatic N) is 2. The highest BCUT2D eigenvalue weighted by Gasteiger charge is 2.31. The van der Waals surface area contributed by atoms with Gasteiger partial charge in [0.2, 0.25) is 5.91 Å². The summed E-state index contributed by atoms with van der Waals surface area (Å²) in [4.78, 5) is 27.7. The van der Waals surface area contributed by atoms with Gasteiger partial charge in [-0.1, -0.05) is 24.6 Å². The number of benzene rings is 1. The van der Waals surface area contributed by atoms with Gasteiger partial charge in [0.15, 0.2) is 0 Å². The lowest BCUT2D eigenvalue weighted by Gasteiger charge is -2.35. The first kappa shape index (κ1) is 15.0. The lowest BCUT2D eigenvalue weighted by molar-refractivity contribution is -0.145. The zero-order chi connectivity index (χ0) is 15.5. The predicted octanol–water partition coefficient (Wildman–Crippen LogP) is 1.90. The third-order valence-corrected chi connectivity index (χ3v) is 4.65. The van der Waals surface area contributed by atoms with Crippen molar-refractivity contribution in [3.8, 4) is 0 Å². The molecule has 1 aromatic rings. The van der Waals surface area contributed by atoms with Crippen LogP contribution in [0.25, 0.3) is 0 Å².